The van der Waals surface area contributed by atoms with Gasteiger partial charge in [-0.2, -0.15) is 0 Å². The third-order valence-corrected chi connectivity index (χ3v) is 4.43. The van der Waals surface area contributed by atoms with Crippen LogP contribution >= 0.6 is 11.5 Å². The van der Waals surface area contributed by atoms with E-state index in [1.807, 2.05) is 83.7 Å². The number of aromatic nitrogens is 2. The number of allylic oxidation sites excluding steroid dienone is 5. The zero-order valence-electron chi connectivity index (χ0n) is 14.5. The normalized spacial score (nSPS) is 11.7. The molecule has 1 aromatic heterocycles. The van der Waals surface area contributed by atoms with E-state index in [4.69, 9.17) is 10.5 Å². The number of ether oxygens (including phenoxy) is 1. The molecule has 0 aliphatic rings. The van der Waals surface area contributed by atoms with Crippen LogP contribution in [0, 0.1) is 0 Å². The quantitative estimate of drug-likeness (QED) is 0.499. The second-order valence-corrected chi connectivity index (χ2v) is 6.39. The minimum absolute atomic E-state index is 0.498. The van der Waals surface area contributed by atoms with Crippen LogP contribution in [0.5, 0.6) is 11.5 Å². The highest BCUT2D eigenvalue weighted by Gasteiger charge is 2.23. The molecule has 5 heteroatoms. The predicted molar refractivity (Wildman–Crippen MR) is 108 cm³/mol. The van der Waals surface area contributed by atoms with Crippen LogP contribution in [-0.2, 0) is 0 Å². The first-order chi connectivity index (χ1) is 12.7. The van der Waals surface area contributed by atoms with E-state index in [2.05, 4.69) is 11.6 Å². The molecule has 0 radical (unpaired) electrons. The van der Waals surface area contributed by atoms with Crippen molar-refractivity contribution in [3.8, 4) is 17.2 Å². The molecular formula is C21H20N3OS+. The van der Waals surface area contributed by atoms with Crippen LogP contribution < -0.4 is 14.4 Å². The van der Waals surface area contributed by atoms with E-state index >= 15 is 0 Å². The second-order valence-electron chi connectivity index (χ2n) is 5.42. The van der Waals surface area contributed by atoms with Gasteiger partial charge >= 0.3 is 11.0 Å². The molecule has 0 saturated carbocycles. The zero-order chi connectivity index (χ0) is 18.4. The number of anilines is 1. The Bertz CT molecular complexity index is 941. The van der Waals surface area contributed by atoms with Crippen LogP contribution in [0.25, 0.3) is 11.3 Å². The van der Waals surface area contributed by atoms with Crippen LogP contribution in [0.2, 0.25) is 0 Å². The van der Waals surface area contributed by atoms with Crippen LogP contribution in [-0.4, -0.2) is 4.98 Å². The van der Waals surface area contributed by atoms with E-state index < -0.39 is 0 Å². The molecule has 3 rings (SSSR count). The third-order valence-electron chi connectivity index (χ3n) is 3.59. The summed E-state index contributed by atoms with van der Waals surface area (Å²) in [5.74, 6) is 2.34. The van der Waals surface area contributed by atoms with Gasteiger partial charge in [0.25, 0.3) is 0 Å². The van der Waals surface area contributed by atoms with Gasteiger partial charge in [0.15, 0.2) is 0 Å². The Labute approximate surface area is 157 Å². The van der Waals surface area contributed by atoms with Crippen molar-refractivity contribution in [2.75, 3.05) is 5.73 Å². The largest absolute Gasteiger partial charge is 0.457 e. The average Bonchev–Trinajstić information content (AvgIpc) is 3.05. The van der Waals surface area contributed by atoms with E-state index in [0.29, 0.717) is 5.13 Å². The molecule has 1 heterocycles. The Morgan fingerprint density at radius 2 is 1.81 bits per heavy atom. The van der Waals surface area contributed by atoms with Crippen LogP contribution in [0.15, 0.2) is 85.5 Å². The molecule has 0 fully saturated rings. The smallest absolute Gasteiger partial charge is 0.350 e. The first-order valence-electron chi connectivity index (χ1n) is 8.19. The lowest BCUT2D eigenvalue weighted by atomic mass is 10.2. The Morgan fingerprint density at radius 1 is 1.12 bits per heavy atom. The predicted octanol–water partition coefficient (Wildman–Crippen LogP) is 4.94. The fourth-order valence-electron chi connectivity index (χ4n) is 2.37. The molecular weight excluding hydrogens is 342 g/mol. The van der Waals surface area contributed by atoms with Crippen molar-refractivity contribution in [2.24, 2.45) is 0 Å². The third kappa shape index (κ3) is 4.07. The summed E-state index contributed by atoms with van der Waals surface area (Å²) in [4.78, 5) is 4.46. The topological polar surface area (TPSA) is 52.0 Å². The summed E-state index contributed by atoms with van der Waals surface area (Å²) >= 11 is 1.38. The summed E-state index contributed by atoms with van der Waals surface area (Å²) in [5.41, 5.74) is 7.82. The molecule has 2 N–H and O–H groups in total. The van der Waals surface area contributed by atoms with E-state index in [1.54, 1.807) is 6.08 Å². The molecule has 0 aliphatic heterocycles. The van der Waals surface area contributed by atoms with Gasteiger partial charge in [-0.25, -0.2) is 0 Å². The molecule has 0 bridgehead atoms. The lowest BCUT2D eigenvalue weighted by Crippen LogP contribution is -2.29. The summed E-state index contributed by atoms with van der Waals surface area (Å²) in [7, 11) is 0. The fourth-order valence-corrected chi connectivity index (χ4v) is 3.15. The summed E-state index contributed by atoms with van der Waals surface area (Å²) in [5, 5.41) is 0.498. The van der Waals surface area contributed by atoms with E-state index in [0.717, 1.165) is 28.6 Å². The number of benzene rings is 2. The minimum atomic E-state index is 0.498. The van der Waals surface area contributed by atoms with Crippen LogP contribution in [0.1, 0.15) is 12.7 Å². The van der Waals surface area contributed by atoms with Gasteiger partial charge in [0, 0.05) is 0 Å². The standard InChI is InChI=1S/C21H19N3OS/c1-3-5-9-16(4-2)20-23-21(22)26-24(20)17-12-14-19(15-13-17)25-18-10-7-6-8-11-18/h3-15,22H,2H2,1H3/p+1/b5-3-,16-9+. The number of hydrogen-bond donors (Lipinski definition) is 1. The van der Waals surface area contributed by atoms with Crippen molar-refractivity contribution in [2.45, 2.75) is 6.92 Å². The Morgan fingerprint density at radius 3 is 2.46 bits per heavy atom. The number of rotatable bonds is 6. The van der Waals surface area contributed by atoms with E-state index in [9.17, 15) is 0 Å². The molecule has 130 valence electrons. The summed E-state index contributed by atoms with van der Waals surface area (Å²) < 4.78 is 7.83. The van der Waals surface area contributed by atoms with Crippen molar-refractivity contribution in [3.05, 3.63) is 91.3 Å². The molecule has 2 aromatic carbocycles. The monoisotopic (exact) mass is 362 g/mol. The molecule has 0 unspecified atom stereocenters. The molecule has 3 aromatic rings. The minimum Gasteiger partial charge on any atom is -0.457 e. The molecule has 0 spiro atoms. The maximum Gasteiger partial charge on any atom is 0.350 e. The van der Waals surface area contributed by atoms with E-state index in [1.165, 1.54) is 11.5 Å². The first-order valence-corrected chi connectivity index (χ1v) is 8.96. The second kappa shape index (κ2) is 8.27. The van der Waals surface area contributed by atoms with Crippen LogP contribution in [0.3, 0.4) is 0 Å². The zero-order valence-corrected chi connectivity index (χ0v) is 15.3. The van der Waals surface area contributed by atoms with Gasteiger partial charge < -0.3 is 10.5 Å². The van der Waals surface area contributed by atoms with Crippen molar-refractivity contribution < 1.29 is 8.69 Å². The summed E-state index contributed by atoms with van der Waals surface area (Å²) in [6.07, 6.45) is 7.65. The van der Waals surface area contributed by atoms with Gasteiger partial charge in [-0.15, -0.1) is 3.96 Å². The number of nitrogen functional groups attached to an aromatic ring is 1. The molecule has 0 atom stereocenters. The number of nitrogens with two attached hydrogens (primary N) is 1. The van der Waals surface area contributed by atoms with Crippen molar-refractivity contribution in [1.29, 1.82) is 0 Å². The van der Waals surface area contributed by atoms with Crippen molar-refractivity contribution in [1.82, 2.24) is 4.98 Å². The van der Waals surface area contributed by atoms with Gasteiger partial charge in [0.1, 0.15) is 28.7 Å². The highest BCUT2D eigenvalue weighted by atomic mass is 32.1. The maximum absolute atomic E-state index is 5.95. The van der Waals surface area contributed by atoms with Gasteiger partial charge in [-0.3, -0.25) is 0 Å². The van der Waals surface area contributed by atoms with Crippen molar-refractivity contribution >= 4 is 22.2 Å². The molecule has 4 nitrogen and oxygen atoms in total. The van der Waals surface area contributed by atoms with Gasteiger partial charge in [0.2, 0.25) is 0 Å². The molecule has 0 amide bonds. The summed E-state index contributed by atoms with van der Waals surface area (Å²) in [6, 6.07) is 17.5. The molecule has 26 heavy (non-hydrogen) atoms. The summed E-state index contributed by atoms with van der Waals surface area (Å²) in [6.45, 7) is 5.85. The van der Waals surface area contributed by atoms with Crippen molar-refractivity contribution in [3.63, 3.8) is 0 Å². The first kappa shape index (κ1) is 17.6. The average molecular weight is 362 g/mol. The van der Waals surface area contributed by atoms with E-state index in [-0.39, 0.29) is 0 Å². The van der Waals surface area contributed by atoms with Gasteiger partial charge in [-0.1, -0.05) is 43.0 Å². The van der Waals surface area contributed by atoms with Gasteiger partial charge in [-0.05, 0) is 54.4 Å². The number of hydrogen-bond acceptors (Lipinski definition) is 4. The number of para-hydroxylation sites is 1. The lowest BCUT2D eigenvalue weighted by Gasteiger charge is -2.05. The SMILES string of the molecule is C=C/C(=C\C=C/C)c1nc(N)s[n+]1-c1ccc(Oc2ccccc2)cc1. The Balaban J connectivity index is 1.91. The Hall–Kier alpha value is -3.18. The molecule has 0 aliphatic carbocycles. The highest BCUT2D eigenvalue weighted by molar-refractivity contribution is 7.05. The molecule has 0 saturated heterocycles. The van der Waals surface area contributed by atoms with Crippen LogP contribution in [0.4, 0.5) is 5.13 Å². The maximum atomic E-state index is 5.95. The van der Waals surface area contributed by atoms with Gasteiger partial charge in [0.05, 0.1) is 5.57 Å². The Kier molecular flexibility index (Phi) is 5.61. The lowest BCUT2D eigenvalue weighted by molar-refractivity contribution is -0.525. The number of nitrogens with zero attached hydrogens (tertiary/aromatic N) is 2. The fraction of sp³-hybridized carbons (Fsp3) is 0.0476. The highest BCUT2D eigenvalue weighted by Crippen LogP contribution is 2.23.